The average Bonchev–Trinajstić information content (AvgIpc) is 3.21. The Balaban J connectivity index is 1.85. The molecule has 2 aromatic heterocycles. The smallest absolute Gasteiger partial charge is 0.222 e. The highest BCUT2D eigenvalue weighted by Gasteiger charge is 2.29. The van der Waals surface area contributed by atoms with Gasteiger partial charge in [0.05, 0.1) is 27.0 Å². The molecule has 0 unspecified atom stereocenters. The van der Waals surface area contributed by atoms with Crippen LogP contribution in [0.2, 0.25) is 5.28 Å². The molecule has 4 rings (SSSR count). The highest BCUT2D eigenvalue weighted by Crippen LogP contribution is 2.41. The lowest BCUT2D eigenvalue weighted by Gasteiger charge is -2.13. The summed E-state index contributed by atoms with van der Waals surface area (Å²) in [6.07, 6.45) is 1.47. The van der Waals surface area contributed by atoms with Crippen molar-refractivity contribution in [3.8, 4) is 21.8 Å². The number of hydrogen-bond donors (Lipinski definition) is 0. The van der Waals surface area contributed by atoms with Gasteiger partial charge in [0.25, 0.3) is 0 Å². The van der Waals surface area contributed by atoms with E-state index >= 15 is 4.39 Å². The van der Waals surface area contributed by atoms with E-state index in [2.05, 4.69) is 15.0 Å². The second kappa shape index (κ2) is 9.33. The minimum absolute atomic E-state index is 0.00592. The summed E-state index contributed by atoms with van der Waals surface area (Å²) in [5.74, 6) is -4.27. The average molecular weight is 538 g/mol. The molecule has 0 amide bonds. The Labute approximate surface area is 209 Å². The van der Waals surface area contributed by atoms with Crippen LogP contribution in [0.5, 0.6) is 0 Å². The molecule has 0 saturated heterocycles. The number of sulfone groups is 1. The van der Waals surface area contributed by atoms with Crippen LogP contribution in [-0.2, 0) is 21.0 Å². The predicted molar refractivity (Wildman–Crippen MR) is 129 cm³/mol. The van der Waals surface area contributed by atoms with E-state index in [0.717, 1.165) is 18.2 Å². The van der Waals surface area contributed by atoms with Gasteiger partial charge >= 0.3 is 0 Å². The van der Waals surface area contributed by atoms with Gasteiger partial charge in [-0.3, -0.25) is 0 Å². The van der Waals surface area contributed by atoms with Crippen LogP contribution in [0.15, 0.2) is 53.6 Å². The zero-order valence-corrected chi connectivity index (χ0v) is 21.2. The number of aromatic nitrogens is 3. The molecule has 0 aliphatic rings. The van der Waals surface area contributed by atoms with Gasteiger partial charge in [0, 0.05) is 22.7 Å². The first-order valence-electron chi connectivity index (χ1n) is 10.3. The van der Waals surface area contributed by atoms with Gasteiger partial charge in [-0.2, -0.15) is 0 Å². The van der Waals surface area contributed by atoms with E-state index in [1.807, 2.05) is 20.8 Å². The van der Waals surface area contributed by atoms with Crippen LogP contribution < -0.4 is 0 Å². The third-order valence-corrected chi connectivity index (χ3v) is 8.43. The van der Waals surface area contributed by atoms with E-state index in [-0.39, 0.29) is 27.5 Å². The summed E-state index contributed by atoms with van der Waals surface area (Å²) in [6, 6.07) is 8.53. The molecule has 0 N–H and O–H groups in total. The topological polar surface area (TPSA) is 72.8 Å². The molecule has 35 heavy (non-hydrogen) atoms. The Morgan fingerprint density at radius 3 is 2.26 bits per heavy atom. The number of rotatable bonds is 5. The van der Waals surface area contributed by atoms with Gasteiger partial charge in [-0.1, -0.05) is 39.0 Å². The van der Waals surface area contributed by atoms with E-state index in [4.69, 9.17) is 11.6 Å². The largest absolute Gasteiger partial charge is 0.240 e. The first-order valence-corrected chi connectivity index (χ1v) is 13.2. The van der Waals surface area contributed by atoms with Gasteiger partial charge in [0.1, 0.15) is 22.3 Å². The Bertz CT molecular complexity index is 1510. The van der Waals surface area contributed by atoms with Gasteiger partial charge in [0.2, 0.25) is 5.28 Å². The summed E-state index contributed by atoms with van der Waals surface area (Å²) in [7, 11) is -4.53. The molecule has 0 saturated carbocycles. The summed E-state index contributed by atoms with van der Waals surface area (Å²) in [6.45, 7) is 5.86. The maximum atomic E-state index is 15.7. The summed E-state index contributed by atoms with van der Waals surface area (Å²) in [5.41, 5.74) is 0.0987. The third-order valence-electron chi connectivity index (χ3n) is 5.04. The fourth-order valence-electron chi connectivity index (χ4n) is 3.39. The van der Waals surface area contributed by atoms with Crippen LogP contribution in [0, 0.1) is 17.5 Å². The highest BCUT2D eigenvalue weighted by molar-refractivity contribution is 7.90. The number of nitrogens with zero attached hydrogens (tertiary/aromatic N) is 3. The summed E-state index contributed by atoms with van der Waals surface area (Å²) in [5, 5.41) is 0.703. The summed E-state index contributed by atoms with van der Waals surface area (Å²) in [4.78, 5) is 12.2. The molecule has 0 aliphatic carbocycles. The van der Waals surface area contributed by atoms with Crippen molar-refractivity contribution < 1.29 is 21.6 Å². The van der Waals surface area contributed by atoms with Gasteiger partial charge in [0.15, 0.2) is 9.84 Å². The van der Waals surface area contributed by atoms with Crippen molar-refractivity contribution in [1.82, 2.24) is 15.0 Å². The lowest BCUT2D eigenvalue weighted by Crippen LogP contribution is -2.11. The van der Waals surface area contributed by atoms with Crippen LogP contribution >= 0.6 is 22.9 Å². The van der Waals surface area contributed by atoms with Gasteiger partial charge in [-0.15, -0.1) is 11.3 Å². The highest BCUT2D eigenvalue weighted by atomic mass is 35.5. The molecule has 0 aliphatic heterocycles. The van der Waals surface area contributed by atoms with E-state index in [1.54, 1.807) is 6.07 Å². The van der Waals surface area contributed by atoms with Crippen LogP contribution in [0.4, 0.5) is 13.2 Å². The van der Waals surface area contributed by atoms with Crippen molar-refractivity contribution in [1.29, 1.82) is 0 Å². The lowest BCUT2D eigenvalue weighted by atomic mass is 9.98. The Morgan fingerprint density at radius 1 is 0.971 bits per heavy atom. The maximum Gasteiger partial charge on any atom is 0.222 e. The number of halogens is 4. The molecule has 0 spiro atoms. The van der Waals surface area contributed by atoms with Crippen LogP contribution in [0.25, 0.3) is 21.8 Å². The molecule has 5 nitrogen and oxygen atoms in total. The van der Waals surface area contributed by atoms with Gasteiger partial charge in [-0.25, -0.2) is 36.5 Å². The van der Waals surface area contributed by atoms with Crippen molar-refractivity contribution in [2.45, 2.75) is 36.8 Å². The van der Waals surface area contributed by atoms with Crippen molar-refractivity contribution in [2.24, 2.45) is 0 Å². The molecule has 2 aromatic carbocycles. The Morgan fingerprint density at radius 2 is 1.63 bits per heavy atom. The third kappa shape index (κ3) is 5.10. The number of benzene rings is 2. The van der Waals surface area contributed by atoms with Crippen LogP contribution in [0.3, 0.4) is 0 Å². The standard InChI is InChI=1S/C24H19ClF3N3O2S2/c1-24(2,3)22-31-19(20(34-22)17-10-11-29-23(25)30-17)14-7-4-6-13(18(14)28)12-35(32,33)21-15(26)8-5-9-16(21)27/h4-11H,12H2,1-3H3. The fourth-order valence-corrected chi connectivity index (χ4v) is 6.15. The Kier molecular flexibility index (Phi) is 6.74. The second-order valence-electron chi connectivity index (χ2n) is 8.75. The molecule has 0 bridgehead atoms. The monoisotopic (exact) mass is 537 g/mol. The lowest BCUT2D eigenvalue weighted by molar-refractivity contribution is 0.518. The predicted octanol–water partition coefficient (Wildman–Crippen LogP) is 6.61. The van der Waals surface area contributed by atoms with E-state index in [1.165, 1.54) is 35.7 Å². The first kappa shape index (κ1) is 25.3. The van der Waals surface area contributed by atoms with Crippen LogP contribution in [-0.4, -0.2) is 23.4 Å². The molecule has 182 valence electrons. The quantitative estimate of drug-likeness (QED) is 0.268. The van der Waals surface area contributed by atoms with Crippen molar-refractivity contribution in [3.63, 3.8) is 0 Å². The molecule has 0 fully saturated rings. The SMILES string of the molecule is CC(C)(C)c1nc(-c2cccc(CS(=O)(=O)c3c(F)cccc3F)c2F)c(-c2ccnc(Cl)n2)s1. The van der Waals surface area contributed by atoms with Gasteiger partial charge < -0.3 is 0 Å². The second-order valence-corrected chi connectivity index (χ2v) is 12.0. The van der Waals surface area contributed by atoms with Crippen molar-refractivity contribution in [2.75, 3.05) is 0 Å². The van der Waals surface area contributed by atoms with Crippen molar-refractivity contribution in [3.05, 3.63) is 82.0 Å². The zero-order valence-electron chi connectivity index (χ0n) is 18.8. The van der Waals surface area contributed by atoms with E-state index in [0.29, 0.717) is 15.6 Å². The number of hydrogen-bond acceptors (Lipinski definition) is 6. The van der Waals surface area contributed by atoms with E-state index in [9.17, 15) is 17.2 Å². The maximum absolute atomic E-state index is 15.7. The molecule has 4 aromatic rings. The first-order chi connectivity index (χ1) is 16.4. The van der Waals surface area contributed by atoms with Gasteiger partial charge in [-0.05, 0) is 35.9 Å². The molecular weight excluding hydrogens is 519 g/mol. The molecule has 2 heterocycles. The molecule has 0 radical (unpaired) electrons. The number of thiazole rings is 1. The van der Waals surface area contributed by atoms with Crippen LogP contribution in [0.1, 0.15) is 31.3 Å². The molecular formula is C24H19ClF3N3O2S2. The minimum atomic E-state index is -4.53. The Hall–Kier alpha value is -2.82. The normalized spacial score (nSPS) is 12.2. The zero-order chi connectivity index (χ0) is 25.5. The summed E-state index contributed by atoms with van der Waals surface area (Å²) >= 11 is 7.27. The van der Waals surface area contributed by atoms with E-state index < -0.39 is 37.9 Å². The minimum Gasteiger partial charge on any atom is -0.240 e. The summed E-state index contributed by atoms with van der Waals surface area (Å²) < 4.78 is 69.6. The fraction of sp³-hybridized carbons (Fsp3) is 0.208. The van der Waals surface area contributed by atoms with Crippen molar-refractivity contribution >= 4 is 32.8 Å². The molecule has 0 atom stereocenters. The molecule has 11 heteroatoms.